The number of nitrogens with one attached hydrogen (secondary N) is 2. The van der Waals surface area contributed by atoms with E-state index in [1.165, 1.54) is 12.3 Å². The minimum absolute atomic E-state index is 0.146. The summed E-state index contributed by atoms with van der Waals surface area (Å²) in [5.74, 6) is 0.729. The number of hydrogen-bond donors (Lipinski definition) is 2. The molecule has 2 aromatic heterocycles. The summed E-state index contributed by atoms with van der Waals surface area (Å²) in [5, 5.41) is 16.9. The molecular formula is C19H20N6O3. The summed E-state index contributed by atoms with van der Waals surface area (Å²) in [4.78, 5) is 23.9. The molecule has 9 heteroatoms. The molecular weight excluding hydrogens is 360 g/mol. The third kappa shape index (κ3) is 4.91. The van der Waals surface area contributed by atoms with Crippen molar-refractivity contribution in [2.24, 2.45) is 0 Å². The minimum Gasteiger partial charge on any atom is -0.465 e. The number of aromatic nitrogens is 4. The SMILES string of the molecule is Cc1ccc(NC(=O)CCNC(=O)/C=C/c2ccco2)cc1-n1nnnc1C. The van der Waals surface area contributed by atoms with Gasteiger partial charge in [-0.3, -0.25) is 9.59 Å². The normalized spacial score (nSPS) is 10.9. The quantitative estimate of drug-likeness (QED) is 0.606. The summed E-state index contributed by atoms with van der Waals surface area (Å²) in [6, 6.07) is 8.97. The molecule has 144 valence electrons. The zero-order valence-corrected chi connectivity index (χ0v) is 15.5. The lowest BCUT2D eigenvalue weighted by molar-refractivity contribution is -0.117. The van der Waals surface area contributed by atoms with Crippen LogP contribution in [0.1, 0.15) is 23.6 Å². The molecule has 3 rings (SSSR count). The molecule has 2 heterocycles. The van der Waals surface area contributed by atoms with Gasteiger partial charge in [-0.15, -0.1) is 5.10 Å². The number of benzene rings is 1. The van der Waals surface area contributed by atoms with E-state index in [4.69, 9.17) is 4.42 Å². The van der Waals surface area contributed by atoms with Crippen LogP contribution in [-0.2, 0) is 9.59 Å². The first-order valence-electron chi connectivity index (χ1n) is 8.68. The standard InChI is InChI=1S/C19H20N6O3/c1-13-5-6-15(12-17(13)25-14(2)22-23-24-25)21-19(27)9-10-20-18(26)8-7-16-4-3-11-28-16/h3-8,11-12H,9-10H2,1-2H3,(H,20,26)(H,21,27)/b8-7+. The molecule has 0 unspecified atom stereocenters. The fraction of sp³-hybridized carbons (Fsp3) is 0.211. The molecule has 0 saturated heterocycles. The van der Waals surface area contributed by atoms with Gasteiger partial charge in [-0.2, -0.15) is 4.68 Å². The van der Waals surface area contributed by atoms with Crippen molar-refractivity contribution < 1.29 is 14.0 Å². The highest BCUT2D eigenvalue weighted by Gasteiger charge is 2.10. The van der Waals surface area contributed by atoms with E-state index in [9.17, 15) is 9.59 Å². The Bertz CT molecular complexity index is 991. The highest BCUT2D eigenvalue weighted by molar-refractivity contribution is 5.93. The Morgan fingerprint density at radius 2 is 2.11 bits per heavy atom. The Balaban J connectivity index is 1.51. The fourth-order valence-corrected chi connectivity index (χ4v) is 2.50. The monoisotopic (exact) mass is 380 g/mol. The van der Waals surface area contributed by atoms with Gasteiger partial charge in [0, 0.05) is 24.7 Å². The molecule has 0 aliphatic carbocycles. The Morgan fingerprint density at radius 1 is 1.25 bits per heavy atom. The molecule has 0 aliphatic rings. The maximum atomic E-state index is 12.1. The Kier molecular flexibility index (Phi) is 5.95. The van der Waals surface area contributed by atoms with Gasteiger partial charge in [0.15, 0.2) is 5.82 Å². The van der Waals surface area contributed by atoms with E-state index in [2.05, 4.69) is 26.2 Å². The molecule has 0 bridgehead atoms. The number of carbonyl (C=O) groups excluding carboxylic acids is 2. The Labute approximate surface area is 161 Å². The minimum atomic E-state index is -0.295. The van der Waals surface area contributed by atoms with E-state index in [-0.39, 0.29) is 24.8 Å². The van der Waals surface area contributed by atoms with Gasteiger partial charge >= 0.3 is 0 Å². The number of nitrogens with zero attached hydrogens (tertiary/aromatic N) is 4. The summed E-state index contributed by atoms with van der Waals surface area (Å²) in [6.45, 7) is 3.96. The third-order valence-corrected chi connectivity index (χ3v) is 3.94. The van der Waals surface area contributed by atoms with Crippen molar-refractivity contribution in [2.75, 3.05) is 11.9 Å². The summed E-state index contributed by atoms with van der Waals surface area (Å²) in [6.07, 6.45) is 4.59. The Morgan fingerprint density at radius 3 is 2.82 bits per heavy atom. The second-order valence-corrected chi connectivity index (χ2v) is 6.08. The van der Waals surface area contributed by atoms with Crippen molar-refractivity contribution in [2.45, 2.75) is 20.3 Å². The van der Waals surface area contributed by atoms with Gasteiger partial charge in [0.2, 0.25) is 11.8 Å². The summed E-state index contributed by atoms with van der Waals surface area (Å²) >= 11 is 0. The first-order valence-corrected chi connectivity index (χ1v) is 8.68. The second kappa shape index (κ2) is 8.76. The van der Waals surface area contributed by atoms with Crippen LogP contribution < -0.4 is 10.6 Å². The molecule has 0 spiro atoms. The van der Waals surface area contributed by atoms with Crippen LogP contribution in [0.4, 0.5) is 5.69 Å². The first kappa shape index (κ1) is 19.0. The predicted octanol–water partition coefficient (Wildman–Crippen LogP) is 2.03. The Hall–Kier alpha value is -3.75. The number of rotatable bonds is 7. The van der Waals surface area contributed by atoms with Crippen LogP contribution >= 0.6 is 0 Å². The van der Waals surface area contributed by atoms with E-state index < -0.39 is 0 Å². The van der Waals surface area contributed by atoms with Crippen LogP contribution in [0.5, 0.6) is 0 Å². The van der Waals surface area contributed by atoms with Crippen LogP contribution in [-0.4, -0.2) is 38.6 Å². The van der Waals surface area contributed by atoms with Crippen LogP contribution in [0, 0.1) is 13.8 Å². The fourth-order valence-electron chi connectivity index (χ4n) is 2.50. The first-order chi connectivity index (χ1) is 13.5. The predicted molar refractivity (Wildman–Crippen MR) is 103 cm³/mol. The van der Waals surface area contributed by atoms with Gasteiger partial charge in [-0.1, -0.05) is 6.07 Å². The second-order valence-electron chi connectivity index (χ2n) is 6.08. The van der Waals surface area contributed by atoms with Crippen molar-refractivity contribution in [1.82, 2.24) is 25.5 Å². The number of aryl methyl sites for hydroxylation is 2. The van der Waals surface area contributed by atoms with Gasteiger partial charge in [0.05, 0.1) is 12.0 Å². The lowest BCUT2D eigenvalue weighted by atomic mass is 10.1. The molecule has 0 saturated carbocycles. The highest BCUT2D eigenvalue weighted by Crippen LogP contribution is 2.19. The number of tetrazole rings is 1. The van der Waals surface area contributed by atoms with Gasteiger partial charge in [0.1, 0.15) is 5.76 Å². The zero-order valence-electron chi connectivity index (χ0n) is 15.5. The molecule has 0 radical (unpaired) electrons. The average Bonchev–Trinajstić information content (AvgIpc) is 3.33. The molecule has 9 nitrogen and oxygen atoms in total. The molecule has 2 amide bonds. The van der Waals surface area contributed by atoms with Gasteiger partial charge < -0.3 is 15.1 Å². The molecule has 1 aromatic carbocycles. The van der Waals surface area contributed by atoms with Crippen molar-refractivity contribution >= 4 is 23.6 Å². The summed E-state index contributed by atoms with van der Waals surface area (Å²) in [5.41, 5.74) is 2.39. The van der Waals surface area contributed by atoms with E-state index in [0.29, 0.717) is 17.3 Å². The lowest BCUT2D eigenvalue weighted by Crippen LogP contribution is -2.26. The number of anilines is 1. The number of amides is 2. The third-order valence-electron chi connectivity index (χ3n) is 3.94. The molecule has 0 fully saturated rings. The van der Waals surface area contributed by atoms with E-state index >= 15 is 0 Å². The molecule has 0 aliphatic heterocycles. The topological polar surface area (TPSA) is 115 Å². The zero-order chi connectivity index (χ0) is 19.9. The largest absolute Gasteiger partial charge is 0.465 e. The van der Waals surface area contributed by atoms with E-state index in [0.717, 1.165) is 11.3 Å². The maximum absolute atomic E-state index is 12.1. The number of carbonyl (C=O) groups is 2. The van der Waals surface area contributed by atoms with Crippen molar-refractivity contribution in [1.29, 1.82) is 0 Å². The number of hydrogen-bond acceptors (Lipinski definition) is 6. The van der Waals surface area contributed by atoms with Crippen molar-refractivity contribution in [3.8, 4) is 5.69 Å². The molecule has 2 N–H and O–H groups in total. The van der Waals surface area contributed by atoms with Crippen LogP contribution in [0.3, 0.4) is 0 Å². The number of furan rings is 1. The van der Waals surface area contributed by atoms with Gasteiger partial charge in [-0.25, -0.2) is 0 Å². The summed E-state index contributed by atoms with van der Waals surface area (Å²) < 4.78 is 6.71. The maximum Gasteiger partial charge on any atom is 0.244 e. The van der Waals surface area contributed by atoms with Crippen LogP contribution in [0.2, 0.25) is 0 Å². The van der Waals surface area contributed by atoms with E-state index in [1.54, 1.807) is 41.9 Å². The van der Waals surface area contributed by atoms with Gasteiger partial charge in [-0.05, 0) is 60.2 Å². The molecule has 0 atom stereocenters. The molecule has 3 aromatic rings. The smallest absolute Gasteiger partial charge is 0.244 e. The highest BCUT2D eigenvalue weighted by atomic mass is 16.3. The van der Waals surface area contributed by atoms with Crippen molar-refractivity contribution in [3.05, 3.63) is 59.8 Å². The molecule has 28 heavy (non-hydrogen) atoms. The van der Waals surface area contributed by atoms with Gasteiger partial charge in [0.25, 0.3) is 0 Å². The van der Waals surface area contributed by atoms with Crippen LogP contribution in [0.15, 0.2) is 47.1 Å². The lowest BCUT2D eigenvalue weighted by Gasteiger charge is -2.10. The van der Waals surface area contributed by atoms with E-state index in [1.807, 2.05) is 13.0 Å². The summed E-state index contributed by atoms with van der Waals surface area (Å²) in [7, 11) is 0. The van der Waals surface area contributed by atoms with Crippen LogP contribution in [0.25, 0.3) is 11.8 Å². The van der Waals surface area contributed by atoms with Crippen molar-refractivity contribution in [3.63, 3.8) is 0 Å². The average molecular weight is 380 g/mol.